The molecule has 2 nitrogen and oxygen atoms in total. The van der Waals surface area contributed by atoms with Crippen molar-refractivity contribution in [3.05, 3.63) is 70.3 Å². The first-order valence-corrected chi connectivity index (χ1v) is 7.47. The molecular weight excluding hydrogens is 332 g/mol. The van der Waals surface area contributed by atoms with Gasteiger partial charge in [-0.25, -0.2) is 0 Å². The summed E-state index contributed by atoms with van der Waals surface area (Å²) in [6.45, 7) is 0.823. The second-order valence-corrected chi connectivity index (χ2v) is 6.03. The van der Waals surface area contributed by atoms with Gasteiger partial charge in [-0.2, -0.15) is 0 Å². The number of rotatable bonds is 3. The highest BCUT2D eigenvalue weighted by Crippen LogP contribution is 2.22. The molecule has 0 spiro atoms. The molecule has 1 aromatic heterocycles. The third-order valence-corrected chi connectivity index (χ3v) is 4.03. The van der Waals surface area contributed by atoms with E-state index in [1.54, 1.807) is 0 Å². The highest BCUT2D eigenvalue weighted by atomic mass is 79.9. The summed E-state index contributed by atoms with van der Waals surface area (Å²) in [6, 6.07) is 16.4. The van der Waals surface area contributed by atoms with E-state index in [0.717, 1.165) is 27.5 Å². The molecule has 1 heterocycles. The highest BCUT2D eigenvalue weighted by Gasteiger charge is 2.07. The van der Waals surface area contributed by atoms with Crippen LogP contribution in [0.5, 0.6) is 0 Å². The van der Waals surface area contributed by atoms with Crippen molar-refractivity contribution in [3.8, 4) is 0 Å². The standard InChI is InChI=1S/C16H13BrN2S/c17-12-4-1-3-11(9-12)10-19-8-7-13-14(16(18)20)5-2-6-15(13)19/h1-9H,10H2,(H2,18,20). The van der Waals surface area contributed by atoms with Crippen LogP contribution in [0, 0.1) is 0 Å². The predicted molar refractivity (Wildman–Crippen MR) is 91.1 cm³/mol. The zero-order chi connectivity index (χ0) is 14.1. The summed E-state index contributed by atoms with van der Waals surface area (Å²) in [5, 5.41) is 1.11. The van der Waals surface area contributed by atoms with Gasteiger partial charge in [-0.1, -0.05) is 52.4 Å². The van der Waals surface area contributed by atoms with Crippen LogP contribution in [0.4, 0.5) is 0 Å². The van der Waals surface area contributed by atoms with Gasteiger partial charge in [0.05, 0.1) is 0 Å². The van der Waals surface area contributed by atoms with Gasteiger partial charge in [0.2, 0.25) is 0 Å². The fourth-order valence-electron chi connectivity index (χ4n) is 2.41. The normalized spacial score (nSPS) is 10.8. The fraction of sp³-hybridized carbons (Fsp3) is 0.0625. The number of benzene rings is 2. The Morgan fingerprint density at radius 1 is 1.15 bits per heavy atom. The van der Waals surface area contributed by atoms with Gasteiger partial charge in [-0.05, 0) is 29.8 Å². The van der Waals surface area contributed by atoms with Crippen molar-refractivity contribution in [3.63, 3.8) is 0 Å². The average Bonchev–Trinajstić information content (AvgIpc) is 2.82. The molecule has 2 aromatic carbocycles. The summed E-state index contributed by atoms with van der Waals surface area (Å²) in [4.78, 5) is 0.441. The van der Waals surface area contributed by atoms with Gasteiger partial charge in [0.1, 0.15) is 4.99 Å². The monoisotopic (exact) mass is 344 g/mol. The van der Waals surface area contributed by atoms with Gasteiger partial charge < -0.3 is 10.3 Å². The van der Waals surface area contributed by atoms with E-state index in [9.17, 15) is 0 Å². The van der Waals surface area contributed by atoms with Gasteiger partial charge in [0.25, 0.3) is 0 Å². The molecule has 2 N–H and O–H groups in total. The Labute approximate surface area is 131 Å². The van der Waals surface area contributed by atoms with Crippen LogP contribution >= 0.6 is 28.1 Å². The van der Waals surface area contributed by atoms with Gasteiger partial charge in [-0.3, -0.25) is 0 Å². The molecule has 3 aromatic rings. The van der Waals surface area contributed by atoms with E-state index in [0.29, 0.717) is 4.99 Å². The number of hydrogen-bond acceptors (Lipinski definition) is 1. The molecule has 0 unspecified atom stereocenters. The van der Waals surface area contributed by atoms with Crippen LogP contribution in [0.2, 0.25) is 0 Å². The van der Waals surface area contributed by atoms with Crippen LogP contribution in [0.1, 0.15) is 11.1 Å². The number of nitrogens with two attached hydrogens (primary N) is 1. The number of thiocarbonyl (C=S) groups is 1. The van der Waals surface area contributed by atoms with E-state index < -0.39 is 0 Å². The Morgan fingerprint density at radius 2 is 1.95 bits per heavy atom. The fourth-order valence-corrected chi connectivity index (χ4v) is 3.03. The average molecular weight is 345 g/mol. The van der Waals surface area contributed by atoms with Crippen LogP contribution in [-0.4, -0.2) is 9.56 Å². The number of hydrogen-bond donors (Lipinski definition) is 1. The lowest BCUT2D eigenvalue weighted by Gasteiger charge is -2.07. The lowest BCUT2D eigenvalue weighted by Crippen LogP contribution is -2.09. The first-order chi connectivity index (χ1) is 9.65. The molecule has 0 atom stereocenters. The van der Waals surface area contributed by atoms with Crippen molar-refractivity contribution in [1.82, 2.24) is 4.57 Å². The first-order valence-electron chi connectivity index (χ1n) is 6.27. The number of nitrogens with zero attached hydrogens (tertiary/aromatic N) is 1. The predicted octanol–water partition coefficient (Wildman–Crippen LogP) is 4.09. The van der Waals surface area contributed by atoms with Crippen molar-refractivity contribution in [1.29, 1.82) is 0 Å². The number of aromatic nitrogens is 1. The minimum Gasteiger partial charge on any atom is -0.389 e. The van der Waals surface area contributed by atoms with Crippen molar-refractivity contribution in [2.75, 3.05) is 0 Å². The van der Waals surface area contributed by atoms with E-state index in [-0.39, 0.29) is 0 Å². The molecule has 0 radical (unpaired) electrons. The zero-order valence-electron chi connectivity index (χ0n) is 10.7. The molecule has 0 aliphatic heterocycles. The molecule has 3 rings (SSSR count). The van der Waals surface area contributed by atoms with Crippen molar-refractivity contribution in [2.24, 2.45) is 5.73 Å². The van der Waals surface area contributed by atoms with Gasteiger partial charge in [0.15, 0.2) is 0 Å². The molecule has 0 aliphatic carbocycles. The number of halogens is 1. The van der Waals surface area contributed by atoms with Crippen LogP contribution in [-0.2, 0) is 6.54 Å². The lowest BCUT2D eigenvalue weighted by atomic mass is 10.1. The largest absolute Gasteiger partial charge is 0.389 e. The summed E-state index contributed by atoms with van der Waals surface area (Å²) in [5.74, 6) is 0. The quantitative estimate of drug-likeness (QED) is 0.725. The molecule has 0 amide bonds. The second-order valence-electron chi connectivity index (χ2n) is 4.68. The summed E-state index contributed by atoms with van der Waals surface area (Å²) < 4.78 is 3.30. The third-order valence-electron chi connectivity index (χ3n) is 3.32. The molecule has 20 heavy (non-hydrogen) atoms. The maximum atomic E-state index is 5.78. The van der Waals surface area contributed by atoms with Crippen LogP contribution in [0.15, 0.2) is 59.2 Å². The lowest BCUT2D eigenvalue weighted by molar-refractivity contribution is 0.836. The molecule has 100 valence electrons. The molecule has 0 bridgehead atoms. The van der Waals surface area contributed by atoms with E-state index in [1.807, 2.05) is 24.3 Å². The second kappa shape index (κ2) is 5.38. The SMILES string of the molecule is NC(=S)c1cccc2c1ccn2Cc1cccc(Br)c1. The minimum atomic E-state index is 0.441. The van der Waals surface area contributed by atoms with Crippen LogP contribution in [0.3, 0.4) is 0 Å². The summed E-state index contributed by atoms with van der Waals surface area (Å²) in [5.41, 5.74) is 9.11. The Balaban J connectivity index is 2.05. The maximum Gasteiger partial charge on any atom is 0.104 e. The van der Waals surface area contributed by atoms with Crippen LogP contribution in [0.25, 0.3) is 10.9 Å². The number of fused-ring (bicyclic) bond motifs is 1. The molecular formula is C16H13BrN2S. The minimum absolute atomic E-state index is 0.441. The van der Waals surface area contributed by atoms with Crippen molar-refractivity contribution in [2.45, 2.75) is 6.54 Å². The Hall–Kier alpha value is -1.65. The Bertz CT molecular complexity index is 792. The first kappa shape index (κ1) is 13.3. The Morgan fingerprint density at radius 3 is 2.70 bits per heavy atom. The van der Waals surface area contributed by atoms with E-state index >= 15 is 0 Å². The third kappa shape index (κ3) is 2.49. The maximum absolute atomic E-state index is 5.78. The summed E-state index contributed by atoms with van der Waals surface area (Å²) in [6.07, 6.45) is 2.08. The van der Waals surface area contributed by atoms with E-state index in [1.165, 1.54) is 5.56 Å². The van der Waals surface area contributed by atoms with Gasteiger partial charge in [-0.15, -0.1) is 0 Å². The highest BCUT2D eigenvalue weighted by molar-refractivity contribution is 9.10. The summed E-state index contributed by atoms with van der Waals surface area (Å²) >= 11 is 8.61. The van der Waals surface area contributed by atoms with Crippen LogP contribution < -0.4 is 5.73 Å². The Kier molecular flexibility index (Phi) is 3.59. The topological polar surface area (TPSA) is 30.9 Å². The van der Waals surface area contributed by atoms with Crippen molar-refractivity contribution < 1.29 is 0 Å². The molecule has 0 fully saturated rings. The van der Waals surface area contributed by atoms with E-state index in [4.69, 9.17) is 18.0 Å². The smallest absolute Gasteiger partial charge is 0.104 e. The molecule has 0 aliphatic rings. The molecule has 0 saturated heterocycles. The van der Waals surface area contributed by atoms with Gasteiger partial charge in [0, 0.05) is 33.7 Å². The van der Waals surface area contributed by atoms with Crippen molar-refractivity contribution >= 4 is 44.0 Å². The van der Waals surface area contributed by atoms with E-state index in [2.05, 4.69) is 51.0 Å². The molecule has 0 saturated carbocycles. The zero-order valence-corrected chi connectivity index (χ0v) is 13.1. The molecule has 4 heteroatoms. The van der Waals surface area contributed by atoms with Gasteiger partial charge >= 0.3 is 0 Å². The summed E-state index contributed by atoms with van der Waals surface area (Å²) in [7, 11) is 0.